The Kier molecular flexibility index (Phi) is 7.15. The lowest BCUT2D eigenvalue weighted by Crippen LogP contribution is -2.46. The summed E-state index contributed by atoms with van der Waals surface area (Å²) in [6, 6.07) is 10.5. The Balaban J connectivity index is 1.60. The average molecular weight is 439 g/mol. The third kappa shape index (κ3) is 5.29. The molecule has 0 saturated heterocycles. The quantitative estimate of drug-likeness (QED) is 0.651. The third-order valence-electron chi connectivity index (χ3n) is 4.75. The van der Waals surface area contributed by atoms with Gasteiger partial charge in [-0.05, 0) is 49.8 Å². The monoisotopic (exact) mass is 438 g/mol. The smallest absolute Gasteiger partial charge is 0.252 e. The topological polar surface area (TPSA) is 84.9 Å². The molecule has 29 heavy (non-hydrogen) atoms. The molecule has 7 nitrogen and oxygen atoms in total. The van der Waals surface area contributed by atoms with E-state index in [1.54, 1.807) is 11.4 Å². The summed E-state index contributed by atoms with van der Waals surface area (Å²) in [5, 5.41) is 4.64. The number of benzene rings is 1. The summed E-state index contributed by atoms with van der Waals surface area (Å²) in [5.74, 6) is 0.984. The molecule has 0 radical (unpaired) electrons. The number of amides is 1. The predicted octanol–water partition coefficient (Wildman–Crippen LogP) is 2.88. The minimum Gasteiger partial charge on any atom is -0.490 e. The van der Waals surface area contributed by atoms with Crippen LogP contribution in [0.4, 0.5) is 0 Å². The lowest BCUT2D eigenvalue weighted by atomic mass is 10.2. The molecule has 1 aliphatic carbocycles. The Labute approximate surface area is 175 Å². The van der Waals surface area contributed by atoms with Crippen LogP contribution in [0.1, 0.15) is 26.2 Å². The van der Waals surface area contributed by atoms with E-state index in [9.17, 15) is 13.2 Å². The van der Waals surface area contributed by atoms with Gasteiger partial charge in [-0.25, -0.2) is 8.42 Å². The second kappa shape index (κ2) is 9.60. The van der Waals surface area contributed by atoms with E-state index in [0.717, 1.165) is 34.9 Å². The van der Waals surface area contributed by atoms with Crippen LogP contribution in [0.15, 0.2) is 46.0 Å². The molecule has 1 fully saturated rings. The van der Waals surface area contributed by atoms with Gasteiger partial charge < -0.3 is 14.8 Å². The van der Waals surface area contributed by atoms with Crippen LogP contribution in [0, 0.1) is 0 Å². The molecule has 1 aliphatic rings. The van der Waals surface area contributed by atoms with Crippen molar-refractivity contribution < 1.29 is 22.7 Å². The second-order valence-electron chi connectivity index (χ2n) is 6.83. The van der Waals surface area contributed by atoms with Gasteiger partial charge in [0.05, 0.1) is 19.2 Å². The van der Waals surface area contributed by atoms with Crippen molar-refractivity contribution in [3.8, 4) is 11.5 Å². The lowest BCUT2D eigenvalue weighted by molar-refractivity contribution is -0.122. The van der Waals surface area contributed by atoms with Crippen molar-refractivity contribution in [2.75, 3.05) is 20.2 Å². The molecular formula is C20H26N2O5S2. The molecule has 9 heteroatoms. The lowest BCUT2D eigenvalue weighted by Gasteiger charge is -2.24. The molecular weight excluding hydrogens is 412 g/mol. The zero-order valence-corrected chi connectivity index (χ0v) is 18.2. The molecule has 1 saturated carbocycles. The first-order valence-electron chi connectivity index (χ1n) is 9.59. The molecule has 158 valence electrons. The fraction of sp³-hybridized carbons (Fsp3) is 0.450. The number of nitrogens with zero attached hydrogens (tertiary/aromatic N) is 1. The molecule has 0 spiro atoms. The van der Waals surface area contributed by atoms with E-state index in [1.807, 2.05) is 31.2 Å². The molecule has 1 aromatic heterocycles. The minimum atomic E-state index is -3.66. The van der Waals surface area contributed by atoms with E-state index in [0.29, 0.717) is 18.1 Å². The molecule has 1 amide bonds. The highest BCUT2D eigenvalue weighted by Crippen LogP contribution is 2.31. The predicted molar refractivity (Wildman–Crippen MR) is 112 cm³/mol. The van der Waals surface area contributed by atoms with Gasteiger partial charge in [-0.15, -0.1) is 11.3 Å². The molecule has 3 rings (SSSR count). The van der Waals surface area contributed by atoms with Crippen LogP contribution < -0.4 is 14.8 Å². The SMILES string of the molecule is CCOc1ccccc1OC1CCCC1NC(=O)CN(C)S(=O)(=O)c1cccs1. The summed E-state index contributed by atoms with van der Waals surface area (Å²) in [5.41, 5.74) is 0. The van der Waals surface area contributed by atoms with Crippen LogP contribution in [0.3, 0.4) is 0 Å². The number of nitrogens with one attached hydrogen (secondary N) is 1. The van der Waals surface area contributed by atoms with Crippen molar-refractivity contribution in [2.45, 2.75) is 42.5 Å². The number of ether oxygens (including phenoxy) is 2. The van der Waals surface area contributed by atoms with E-state index in [1.165, 1.54) is 13.1 Å². The Bertz CT molecular complexity index is 915. The van der Waals surface area contributed by atoms with Gasteiger partial charge in [-0.2, -0.15) is 4.31 Å². The zero-order valence-electron chi connectivity index (χ0n) is 16.5. The Morgan fingerprint density at radius 3 is 2.66 bits per heavy atom. The number of hydrogen-bond donors (Lipinski definition) is 1. The van der Waals surface area contributed by atoms with Gasteiger partial charge in [0.1, 0.15) is 10.3 Å². The maximum Gasteiger partial charge on any atom is 0.252 e. The Morgan fingerprint density at radius 1 is 1.21 bits per heavy atom. The summed E-state index contributed by atoms with van der Waals surface area (Å²) in [6.07, 6.45) is 2.35. The molecule has 0 aliphatic heterocycles. The number of likely N-dealkylation sites (N-methyl/N-ethyl adjacent to an activating group) is 1. The standard InChI is InChI=1S/C20H26N2O5S2/c1-3-26-17-9-4-5-10-18(17)27-16-11-6-8-15(16)21-19(23)14-22(2)29(24,25)20-12-7-13-28-20/h4-5,7,9-10,12-13,15-16H,3,6,8,11,14H2,1-2H3,(H,21,23). The number of sulfonamides is 1. The maximum atomic E-state index is 12.5. The van der Waals surface area contributed by atoms with E-state index >= 15 is 0 Å². The summed E-state index contributed by atoms with van der Waals surface area (Å²) in [6.45, 7) is 2.21. The first kappa shape index (κ1) is 21.6. The van der Waals surface area contributed by atoms with Crippen LogP contribution in [-0.2, 0) is 14.8 Å². The average Bonchev–Trinajstić information content (AvgIpc) is 3.36. The highest BCUT2D eigenvalue weighted by atomic mass is 32.2. The van der Waals surface area contributed by atoms with Crippen molar-refractivity contribution in [2.24, 2.45) is 0 Å². The summed E-state index contributed by atoms with van der Waals surface area (Å²) in [4.78, 5) is 12.5. The first-order valence-corrected chi connectivity index (χ1v) is 11.9. The molecule has 2 atom stereocenters. The van der Waals surface area contributed by atoms with Crippen molar-refractivity contribution in [3.63, 3.8) is 0 Å². The van der Waals surface area contributed by atoms with Gasteiger partial charge in [-0.1, -0.05) is 18.2 Å². The normalized spacial score (nSPS) is 19.3. The maximum absolute atomic E-state index is 12.5. The van der Waals surface area contributed by atoms with Gasteiger partial charge in [0, 0.05) is 7.05 Å². The molecule has 1 aromatic carbocycles. The molecule has 0 bridgehead atoms. The zero-order chi connectivity index (χ0) is 20.9. The van der Waals surface area contributed by atoms with Gasteiger partial charge in [-0.3, -0.25) is 4.79 Å². The van der Waals surface area contributed by atoms with Gasteiger partial charge in [0.2, 0.25) is 5.91 Å². The van der Waals surface area contributed by atoms with E-state index in [2.05, 4.69) is 5.32 Å². The number of carbonyl (C=O) groups is 1. The summed E-state index contributed by atoms with van der Waals surface area (Å²) >= 11 is 1.13. The van der Waals surface area contributed by atoms with Gasteiger partial charge in [0.25, 0.3) is 10.0 Å². The van der Waals surface area contributed by atoms with Crippen LogP contribution >= 0.6 is 11.3 Å². The number of thiophene rings is 1. The van der Waals surface area contributed by atoms with Crippen molar-refractivity contribution in [3.05, 3.63) is 41.8 Å². The summed E-state index contributed by atoms with van der Waals surface area (Å²) in [7, 11) is -2.24. The molecule has 2 aromatic rings. The number of hydrogen-bond acceptors (Lipinski definition) is 6. The highest BCUT2D eigenvalue weighted by molar-refractivity contribution is 7.91. The van der Waals surface area contributed by atoms with Crippen LogP contribution in [0.5, 0.6) is 11.5 Å². The first-order chi connectivity index (χ1) is 13.9. The minimum absolute atomic E-state index is 0.171. The van der Waals surface area contributed by atoms with Gasteiger partial charge in [0.15, 0.2) is 11.5 Å². The van der Waals surface area contributed by atoms with E-state index < -0.39 is 10.0 Å². The molecule has 1 heterocycles. The van der Waals surface area contributed by atoms with Crippen molar-refractivity contribution >= 4 is 27.3 Å². The second-order valence-corrected chi connectivity index (χ2v) is 10.1. The number of carbonyl (C=O) groups excluding carboxylic acids is 1. The van der Waals surface area contributed by atoms with E-state index in [-0.39, 0.29) is 28.8 Å². The fourth-order valence-electron chi connectivity index (χ4n) is 3.32. The number of rotatable bonds is 9. The van der Waals surface area contributed by atoms with Crippen molar-refractivity contribution in [1.29, 1.82) is 0 Å². The highest BCUT2D eigenvalue weighted by Gasteiger charge is 2.32. The van der Waals surface area contributed by atoms with Crippen LogP contribution in [0.2, 0.25) is 0 Å². The third-order valence-corrected chi connectivity index (χ3v) is 7.93. The van der Waals surface area contributed by atoms with Crippen molar-refractivity contribution in [1.82, 2.24) is 9.62 Å². The fourth-order valence-corrected chi connectivity index (χ4v) is 5.65. The summed E-state index contributed by atoms with van der Waals surface area (Å²) < 4.78 is 38.0. The largest absolute Gasteiger partial charge is 0.490 e. The van der Waals surface area contributed by atoms with E-state index in [4.69, 9.17) is 9.47 Å². The Morgan fingerprint density at radius 2 is 1.97 bits per heavy atom. The Hall–Kier alpha value is -2.10. The van der Waals surface area contributed by atoms with Gasteiger partial charge >= 0.3 is 0 Å². The van der Waals surface area contributed by atoms with Crippen LogP contribution in [-0.4, -0.2) is 51.0 Å². The molecule has 2 unspecified atom stereocenters. The molecule has 1 N–H and O–H groups in total. The van der Waals surface area contributed by atoms with Crippen LogP contribution in [0.25, 0.3) is 0 Å². The number of para-hydroxylation sites is 2.